The summed E-state index contributed by atoms with van der Waals surface area (Å²) in [5.74, 6) is 0. The van der Waals surface area contributed by atoms with Crippen LogP contribution in [-0.4, -0.2) is 9.55 Å². The largest absolute Gasteiger partial charge is 0.342 e. The zero-order valence-corrected chi connectivity index (χ0v) is 8.71. The van der Waals surface area contributed by atoms with E-state index in [-0.39, 0.29) is 0 Å². The highest BCUT2D eigenvalue weighted by molar-refractivity contribution is 9.10. The van der Waals surface area contributed by atoms with Crippen LogP contribution < -0.4 is 0 Å². The Morgan fingerprint density at radius 1 is 1.46 bits per heavy atom. The van der Waals surface area contributed by atoms with Crippen molar-refractivity contribution >= 4 is 26.8 Å². The molecule has 3 rings (SSSR count). The average molecular weight is 237 g/mol. The molecule has 0 atom stereocenters. The van der Waals surface area contributed by atoms with Gasteiger partial charge in [-0.3, -0.25) is 4.98 Å². The minimum Gasteiger partial charge on any atom is -0.342 e. The Hall–Kier alpha value is -0.830. The fourth-order valence-electron chi connectivity index (χ4n) is 2.11. The third-order valence-corrected chi connectivity index (χ3v) is 3.59. The van der Waals surface area contributed by atoms with Gasteiger partial charge in [0.2, 0.25) is 0 Å². The van der Waals surface area contributed by atoms with Crippen molar-refractivity contribution < 1.29 is 0 Å². The van der Waals surface area contributed by atoms with E-state index >= 15 is 0 Å². The van der Waals surface area contributed by atoms with Crippen LogP contribution in [0.5, 0.6) is 0 Å². The molecule has 2 aromatic heterocycles. The van der Waals surface area contributed by atoms with Crippen molar-refractivity contribution in [1.82, 2.24) is 9.55 Å². The summed E-state index contributed by atoms with van der Waals surface area (Å²) in [5, 5.41) is 1.30. The third-order valence-electron chi connectivity index (χ3n) is 2.70. The number of aromatic nitrogens is 2. The molecule has 3 heterocycles. The van der Waals surface area contributed by atoms with Crippen LogP contribution >= 0.6 is 15.9 Å². The van der Waals surface area contributed by atoms with Crippen LogP contribution in [0.2, 0.25) is 0 Å². The molecule has 0 spiro atoms. The van der Waals surface area contributed by atoms with Gasteiger partial charge in [-0.05, 0) is 34.8 Å². The summed E-state index contributed by atoms with van der Waals surface area (Å²) in [5.41, 5.74) is 2.70. The first-order valence-corrected chi connectivity index (χ1v) is 5.28. The van der Waals surface area contributed by atoms with Gasteiger partial charge >= 0.3 is 0 Å². The van der Waals surface area contributed by atoms with Crippen LogP contribution in [0.3, 0.4) is 0 Å². The van der Waals surface area contributed by atoms with Crippen molar-refractivity contribution in [1.29, 1.82) is 0 Å². The Morgan fingerprint density at radius 3 is 3.31 bits per heavy atom. The summed E-state index contributed by atoms with van der Waals surface area (Å²) >= 11 is 3.65. The standard InChI is InChI=1S/C10H9BrN2/c11-10-7-3-4-12-6-9(7)13-5-1-2-8(10)13/h3-4,6H,1-2,5H2. The molecule has 66 valence electrons. The molecule has 0 radical (unpaired) electrons. The van der Waals surface area contributed by atoms with Crippen LogP contribution in [0.25, 0.3) is 10.9 Å². The number of nitrogens with zero attached hydrogens (tertiary/aromatic N) is 2. The normalized spacial score (nSPS) is 15.2. The highest BCUT2D eigenvalue weighted by Crippen LogP contribution is 2.34. The zero-order chi connectivity index (χ0) is 8.84. The maximum Gasteiger partial charge on any atom is 0.0680 e. The molecule has 13 heavy (non-hydrogen) atoms. The molecule has 1 aliphatic rings. The summed E-state index contributed by atoms with van der Waals surface area (Å²) < 4.78 is 3.63. The maximum absolute atomic E-state index is 4.16. The molecule has 0 unspecified atom stereocenters. The Labute approximate surface area is 84.7 Å². The Kier molecular flexibility index (Phi) is 1.50. The highest BCUT2D eigenvalue weighted by Gasteiger charge is 2.18. The Bertz CT molecular complexity index is 473. The van der Waals surface area contributed by atoms with E-state index in [4.69, 9.17) is 0 Å². The molecule has 0 amide bonds. The topological polar surface area (TPSA) is 17.8 Å². The van der Waals surface area contributed by atoms with Crippen LogP contribution in [0.15, 0.2) is 22.9 Å². The van der Waals surface area contributed by atoms with E-state index < -0.39 is 0 Å². The first kappa shape index (κ1) is 7.56. The first-order chi connectivity index (χ1) is 6.38. The van der Waals surface area contributed by atoms with Crippen LogP contribution in [0.1, 0.15) is 12.1 Å². The highest BCUT2D eigenvalue weighted by atomic mass is 79.9. The number of hydrogen-bond acceptors (Lipinski definition) is 1. The quantitative estimate of drug-likeness (QED) is 0.688. The van der Waals surface area contributed by atoms with Gasteiger partial charge in [0.05, 0.1) is 11.7 Å². The second kappa shape index (κ2) is 2.58. The molecule has 0 aliphatic carbocycles. The van der Waals surface area contributed by atoms with Gasteiger partial charge in [0.25, 0.3) is 0 Å². The molecule has 0 saturated carbocycles. The summed E-state index contributed by atoms with van der Waals surface area (Å²) in [7, 11) is 0. The molecular formula is C10H9BrN2. The first-order valence-electron chi connectivity index (χ1n) is 4.48. The lowest BCUT2D eigenvalue weighted by atomic mass is 10.2. The maximum atomic E-state index is 4.16. The van der Waals surface area contributed by atoms with Crippen molar-refractivity contribution in [2.45, 2.75) is 19.4 Å². The SMILES string of the molecule is Brc1c2n(c3cnccc13)CCC2. The number of fused-ring (bicyclic) bond motifs is 3. The van der Waals surface area contributed by atoms with Crippen LogP contribution in [-0.2, 0) is 13.0 Å². The predicted molar refractivity (Wildman–Crippen MR) is 55.8 cm³/mol. The monoisotopic (exact) mass is 236 g/mol. The molecule has 2 aromatic rings. The smallest absolute Gasteiger partial charge is 0.0680 e. The molecule has 0 fully saturated rings. The predicted octanol–water partition coefficient (Wildman–Crippen LogP) is 2.75. The summed E-state index contributed by atoms with van der Waals surface area (Å²) in [6.07, 6.45) is 6.26. The van der Waals surface area contributed by atoms with Crippen molar-refractivity contribution in [3.63, 3.8) is 0 Å². The fourth-order valence-corrected chi connectivity index (χ4v) is 2.86. The number of rotatable bonds is 0. The zero-order valence-electron chi connectivity index (χ0n) is 7.13. The minimum atomic E-state index is 1.14. The molecule has 1 aliphatic heterocycles. The molecule has 3 heteroatoms. The van der Waals surface area contributed by atoms with Crippen molar-refractivity contribution in [2.75, 3.05) is 0 Å². The van der Waals surface area contributed by atoms with Crippen molar-refractivity contribution in [3.8, 4) is 0 Å². The lowest BCUT2D eigenvalue weighted by Gasteiger charge is -1.97. The van der Waals surface area contributed by atoms with E-state index in [2.05, 4.69) is 31.5 Å². The van der Waals surface area contributed by atoms with Crippen LogP contribution in [0, 0.1) is 0 Å². The van der Waals surface area contributed by atoms with E-state index in [9.17, 15) is 0 Å². The Morgan fingerprint density at radius 2 is 2.38 bits per heavy atom. The third kappa shape index (κ3) is 0.908. The van der Waals surface area contributed by atoms with Gasteiger partial charge in [-0.15, -0.1) is 0 Å². The minimum absolute atomic E-state index is 1.14. The lowest BCUT2D eigenvalue weighted by Crippen LogP contribution is -1.90. The van der Waals surface area contributed by atoms with E-state index in [0.29, 0.717) is 0 Å². The fraction of sp³-hybridized carbons (Fsp3) is 0.300. The lowest BCUT2D eigenvalue weighted by molar-refractivity contribution is 0.771. The number of aryl methyl sites for hydroxylation is 1. The summed E-state index contributed by atoms with van der Waals surface area (Å²) in [6.45, 7) is 1.14. The molecule has 0 saturated heterocycles. The van der Waals surface area contributed by atoms with Gasteiger partial charge in [-0.2, -0.15) is 0 Å². The van der Waals surface area contributed by atoms with Crippen molar-refractivity contribution in [3.05, 3.63) is 28.6 Å². The summed E-state index contributed by atoms with van der Waals surface area (Å²) in [4.78, 5) is 4.16. The van der Waals surface area contributed by atoms with E-state index in [1.807, 2.05) is 12.4 Å². The molecule has 0 N–H and O–H groups in total. The van der Waals surface area contributed by atoms with Gasteiger partial charge < -0.3 is 4.57 Å². The van der Waals surface area contributed by atoms with Gasteiger partial charge in [-0.25, -0.2) is 0 Å². The molecule has 0 bridgehead atoms. The van der Waals surface area contributed by atoms with E-state index in [1.54, 1.807) is 0 Å². The van der Waals surface area contributed by atoms with Crippen molar-refractivity contribution in [2.24, 2.45) is 0 Å². The average Bonchev–Trinajstić information content (AvgIpc) is 2.72. The van der Waals surface area contributed by atoms with Gasteiger partial charge in [0.1, 0.15) is 0 Å². The van der Waals surface area contributed by atoms with Gasteiger partial charge in [-0.1, -0.05) is 0 Å². The second-order valence-electron chi connectivity index (χ2n) is 3.41. The number of pyridine rings is 1. The molecule has 0 aromatic carbocycles. The van der Waals surface area contributed by atoms with Crippen LogP contribution in [0.4, 0.5) is 0 Å². The summed E-state index contributed by atoms with van der Waals surface area (Å²) in [6, 6.07) is 2.07. The van der Waals surface area contributed by atoms with Gasteiger partial charge in [0, 0.05) is 28.3 Å². The number of hydrogen-bond donors (Lipinski definition) is 0. The Balaban J connectivity index is 2.49. The number of halogens is 1. The molecular weight excluding hydrogens is 228 g/mol. The van der Waals surface area contributed by atoms with Gasteiger partial charge in [0.15, 0.2) is 0 Å². The van der Waals surface area contributed by atoms with E-state index in [0.717, 1.165) is 6.54 Å². The second-order valence-corrected chi connectivity index (χ2v) is 4.20. The molecule has 2 nitrogen and oxygen atoms in total. The van der Waals surface area contributed by atoms with E-state index in [1.165, 1.54) is 33.9 Å².